The number of ether oxygens (including phenoxy) is 4. The molecular weight excluding hydrogens is 376 g/mol. The smallest absolute Gasteiger partial charge is 0.305 e. The average Bonchev–Trinajstić information content (AvgIpc) is 2.87. The normalized spacial score (nSPS) is 46.3. The summed E-state index contributed by atoms with van der Waals surface area (Å²) in [6, 6.07) is 0. The number of aliphatic hydroxyl groups is 8. The van der Waals surface area contributed by atoms with E-state index in [-0.39, 0.29) is 0 Å². The van der Waals surface area contributed by atoms with Gasteiger partial charge in [0.1, 0.15) is 42.7 Å². The summed E-state index contributed by atoms with van der Waals surface area (Å²) in [6.45, 7) is -0.624. The first-order valence-corrected chi connectivity index (χ1v) is 8.07. The predicted molar refractivity (Wildman–Crippen MR) is 79.3 cm³/mol. The van der Waals surface area contributed by atoms with Crippen molar-refractivity contribution in [2.75, 3.05) is 13.2 Å². The van der Waals surface area contributed by atoms with Crippen molar-refractivity contribution in [3.05, 3.63) is 0 Å². The molecule has 0 aromatic carbocycles. The van der Waals surface area contributed by atoms with Crippen LogP contribution in [0.25, 0.3) is 0 Å². The van der Waals surface area contributed by atoms with Crippen LogP contribution < -0.4 is 0 Å². The summed E-state index contributed by atoms with van der Waals surface area (Å²) in [5, 5.41) is 78.4. The summed E-state index contributed by atoms with van der Waals surface area (Å²) in [7, 11) is 0. The van der Waals surface area contributed by atoms with Crippen LogP contribution in [0.2, 0.25) is 0 Å². The van der Waals surface area contributed by atoms with Crippen molar-refractivity contribution in [2.24, 2.45) is 0 Å². The summed E-state index contributed by atoms with van der Waals surface area (Å²) in [5.74, 6) is -3.86. The lowest BCUT2D eigenvalue weighted by Gasteiger charge is -2.41. The fourth-order valence-corrected chi connectivity index (χ4v) is 2.90. The molecule has 0 radical (unpaired) electrons. The Morgan fingerprint density at radius 2 is 1.67 bits per heavy atom. The van der Waals surface area contributed by atoms with Gasteiger partial charge < -0.3 is 59.8 Å². The van der Waals surface area contributed by atoms with Gasteiger partial charge in [0.2, 0.25) is 0 Å². The molecule has 2 unspecified atom stereocenters. The van der Waals surface area contributed by atoms with Crippen LogP contribution >= 0.6 is 0 Å². The molecule has 27 heavy (non-hydrogen) atoms. The van der Waals surface area contributed by atoms with Crippen molar-refractivity contribution in [3.8, 4) is 0 Å². The number of esters is 1. The predicted octanol–water partition coefficient (Wildman–Crippen LogP) is -5.51. The highest BCUT2D eigenvalue weighted by Gasteiger charge is 2.61. The Morgan fingerprint density at radius 1 is 1.07 bits per heavy atom. The maximum atomic E-state index is 10.9. The van der Waals surface area contributed by atoms with Crippen molar-refractivity contribution < 1.29 is 64.6 Å². The molecule has 2 rings (SSSR count). The second kappa shape index (κ2) is 8.59. The number of carbonyl (C=O) groups is 1. The van der Waals surface area contributed by atoms with Crippen molar-refractivity contribution in [3.63, 3.8) is 0 Å². The van der Waals surface area contributed by atoms with Crippen LogP contribution in [-0.2, 0) is 23.7 Å². The maximum absolute atomic E-state index is 10.9. The molecule has 13 nitrogen and oxygen atoms in total. The van der Waals surface area contributed by atoms with Gasteiger partial charge in [-0.1, -0.05) is 0 Å². The lowest BCUT2D eigenvalue weighted by molar-refractivity contribution is -0.333. The zero-order chi connectivity index (χ0) is 20.5. The Hall–Kier alpha value is -0.970. The largest absolute Gasteiger partial charge is 0.430 e. The SMILES string of the molecule is CC(=O)OC(O)[C@@]1(O)O[C@H](CO)[C@@H](OC2O[C@H](CO)[C@H](O)[C@H](O)[C@H]2O)[C@@H]1O. The molecule has 0 saturated carbocycles. The Bertz CT molecular complexity index is 515. The second-order valence-electron chi connectivity index (χ2n) is 6.30. The number of hydrogen-bond acceptors (Lipinski definition) is 13. The Balaban J connectivity index is 2.17. The fourth-order valence-electron chi connectivity index (χ4n) is 2.90. The van der Waals surface area contributed by atoms with Crippen molar-refractivity contribution in [1.29, 1.82) is 0 Å². The van der Waals surface area contributed by atoms with Crippen LogP contribution in [0.15, 0.2) is 0 Å². The lowest BCUT2D eigenvalue weighted by atomic mass is 9.99. The topological polar surface area (TPSA) is 216 Å². The first-order chi connectivity index (χ1) is 12.6. The minimum Gasteiger partial charge on any atom is -0.430 e. The summed E-state index contributed by atoms with van der Waals surface area (Å²) in [5.41, 5.74) is 0. The summed E-state index contributed by atoms with van der Waals surface area (Å²) < 4.78 is 19.7. The average molecular weight is 400 g/mol. The van der Waals surface area contributed by atoms with E-state index in [1.165, 1.54) is 0 Å². The van der Waals surface area contributed by atoms with Crippen molar-refractivity contribution in [2.45, 2.75) is 68.0 Å². The third kappa shape index (κ3) is 4.23. The van der Waals surface area contributed by atoms with Crippen LogP contribution in [0.1, 0.15) is 6.92 Å². The van der Waals surface area contributed by atoms with Gasteiger partial charge in [-0.3, -0.25) is 4.79 Å². The van der Waals surface area contributed by atoms with Gasteiger partial charge in [0, 0.05) is 6.92 Å². The molecule has 158 valence electrons. The molecule has 10 atom stereocenters. The van der Waals surface area contributed by atoms with E-state index in [0.717, 1.165) is 6.92 Å². The molecule has 13 heteroatoms. The fraction of sp³-hybridized carbons (Fsp3) is 0.929. The van der Waals surface area contributed by atoms with E-state index in [4.69, 9.17) is 19.3 Å². The van der Waals surface area contributed by atoms with Crippen LogP contribution in [0.3, 0.4) is 0 Å². The molecule has 0 aliphatic carbocycles. The summed E-state index contributed by atoms with van der Waals surface area (Å²) in [6.07, 6.45) is -15.7. The van der Waals surface area contributed by atoms with E-state index in [9.17, 15) is 40.5 Å². The zero-order valence-electron chi connectivity index (χ0n) is 14.2. The number of carbonyl (C=O) groups excluding carboxylic acids is 1. The minimum atomic E-state index is -2.86. The minimum absolute atomic E-state index is 0.729. The van der Waals surface area contributed by atoms with Crippen LogP contribution in [0, 0.1) is 0 Å². The Morgan fingerprint density at radius 3 is 2.19 bits per heavy atom. The molecule has 2 saturated heterocycles. The third-order valence-electron chi connectivity index (χ3n) is 4.39. The van der Waals surface area contributed by atoms with E-state index < -0.39 is 80.3 Å². The Kier molecular flexibility index (Phi) is 7.10. The molecular formula is C14H24O13. The van der Waals surface area contributed by atoms with Crippen molar-refractivity contribution >= 4 is 5.97 Å². The number of hydrogen-bond donors (Lipinski definition) is 8. The molecule has 0 amide bonds. The molecule has 0 bridgehead atoms. The van der Waals surface area contributed by atoms with Gasteiger partial charge in [-0.2, -0.15) is 0 Å². The standard InChI is InChI=1S/C14H24O13/c1-4(17)24-13(22)14(23)11(21)10(6(3-16)27-14)26-12-9(20)8(19)7(18)5(2-15)25-12/h5-13,15-16,18-23H,2-3H2,1H3/t5-,6-,7+,8+,9-,10-,11+,12?,13?,14+/m1/s1. The highest BCUT2D eigenvalue weighted by Crippen LogP contribution is 2.36. The van der Waals surface area contributed by atoms with E-state index in [0.29, 0.717) is 0 Å². The van der Waals surface area contributed by atoms with E-state index >= 15 is 0 Å². The zero-order valence-corrected chi connectivity index (χ0v) is 14.2. The van der Waals surface area contributed by atoms with Crippen LogP contribution in [0.4, 0.5) is 0 Å². The Labute approximate surface area is 152 Å². The first kappa shape index (κ1) is 22.3. The van der Waals surface area contributed by atoms with Crippen LogP contribution in [-0.4, -0.2) is 121 Å². The highest BCUT2D eigenvalue weighted by molar-refractivity contribution is 5.66. The van der Waals surface area contributed by atoms with E-state index in [2.05, 4.69) is 4.74 Å². The third-order valence-corrected chi connectivity index (χ3v) is 4.39. The molecule has 2 aliphatic heterocycles. The van der Waals surface area contributed by atoms with Crippen molar-refractivity contribution in [1.82, 2.24) is 0 Å². The molecule has 8 N–H and O–H groups in total. The van der Waals surface area contributed by atoms with E-state index in [1.54, 1.807) is 0 Å². The van der Waals surface area contributed by atoms with Gasteiger partial charge in [0.15, 0.2) is 6.29 Å². The van der Waals surface area contributed by atoms with Gasteiger partial charge >= 0.3 is 5.97 Å². The maximum Gasteiger partial charge on any atom is 0.305 e. The van der Waals surface area contributed by atoms with Gasteiger partial charge in [-0.15, -0.1) is 0 Å². The van der Waals surface area contributed by atoms with Gasteiger partial charge in [0.05, 0.1) is 13.2 Å². The quantitative estimate of drug-likeness (QED) is 0.154. The van der Waals surface area contributed by atoms with E-state index in [1.807, 2.05) is 0 Å². The van der Waals surface area contributed by atoms with Gasteiger partial charge in [-0.25, -0.2) is 0 Å². The summed E-state index contributed by atoms with van der Waals surface area (Å²) in [4.78, 5) is 10.9. The van der Waals surface area contributed by atoms with Gasteiger partial charge in [-0.05, 0) is 0 Å². The lowest BCUT2D eigenvalue weighted by Crippen LogP contribution is -2.61. The molecule has 0 aromatic rings. The molecule has 2 heterocycles. The molecule has 2 fully saturated rings. The highest BCUT2D eigenvalue weighted by atomic mass is 16.8. The first-order valence-electron chi connectivity index (χ1n) is 8.07. The summed E-state index contributed by atoms with van der Waals surface area (Å²) >= 11 is 0. The van der Waals surface area contributed by atoms with Crippen LogP contribution in [0.5, 0.6) is 0 Å². The molecule has 2 aliphatic rings. The molecule has 0 spiro atoms. The number of rotatable bonds is 6. The molecule has 0 aromatic heterocycles. The number of aliphatic hydroxyl groups excluding tert-OH is 7. The monoisotopic (exact) mass is 400 g/mol. The second-order valence-corrected chi connectivity index (χ2v) is 6.30. The van der Waals surface area contributed by atoms with Gasteiger partial charge in [0.25, 0.3) is 12.1 Å².